The van der Waals surface area contributed by atoms with Crippen LogP contribution in [0, 0.1) is 0 Å². The van der Waals surface area contributed by atoms with Crippen LogP contribution in [0.2, 0.25) is 0 Å². The van der Waals surface area contributed by atoms with Crippen LogP contribution in [0.3, 0.4) is 0 Å². The number of carbonyl (C=O) groups is 1. The number of hydrogen-bond acceptors (Lipinski definition) is 5. The molecule has 26 heavy (non-hydrogen) atoms. The predicted molar refractivity (Wildman–Crippen MR) is 95.9 cm³/mol. The van der Waals surface area contributed by atoms with Crippen molar-refractivity contribution in [2.45, 2.75) is 19.4 Å². The highest BCUT2D eigenvalue weighted by atomic mass is 16.3. The maximum atomic E-state index is 12.8. The Bertz CT molecular complexity index is 1000. The van der Waals surface area contributed by atoms with E-state index >= 15 is 0 Å². The van der Waals surface area contributed by atoms with Crippen molar-refractivity contribution in [2.24, 2.45) is 0 Å². The van der Waals surface area contributed by atoms with Crippen LogP contribution in [-0.4, -0.2) is 54.8 Å². The minimum atomic E-state index is -0.495. The Morgan fingerprint density at radius 3 is 2.58 bits per heavy atom. The van der Waals surface area contributed by atoms with Crippen molar-refractivity contribution in [3.8, 4) is 11.4 Å². The third kappa shape index (κ3) is 2.68. The lowest BCUT2D eigenvalue weighted by atomic mass is 10.2. The fraction of sp³-hybridized carbons (Fsp3) is 0.333. The normalized spacial score (nSPS) is 14.3. The number of aromatic nitrogens is 4. The van der Waals surface area contributed by atoms with E-state index in [0.717, 1.165) is 23.0 Å². The van der Waals surface area contributed by atoms with Crippen LogP contribution >= 0.6 is 0 Å². The number of benzene rings is 1. The zero-order chi connectivity index (χ0) is 18.1. The molecule has 1 aliphatic heterocycles. The van der Waals surface area contributed by atoms with Gasteiger partial charge in [-0.3, -0.25) is 4.57 Å². The standard InChI is InChI=1S/C18H19N5O3/c24-11-10-22-16-14(12-19-15(20-16)13-6-2-1-3-7-13)23(18(22)26)17(25)21-8-4-5-9-21/h1-3,6-7,12,24H,4-5,8-11H2. The Hall–Kier alpha value is -3.00. The number of aliphatic hydroxyl groups is 1. The van der Waals surface area contributed by atoms with Crippen LogP contribution in [0.15, 0.2) is 41.3 Å². The van der Waals surface area contributed by atoms with E-state index in [0.29, 0.717) is 30.1 Å². The van der Waals surface area contributed by atoms with Gasteiger partial charge in [-0.1, -0.05) is 30.3 Å². The predicted octanol–water partition coefficient (Wildman–Crippen LogP) is 1.32. The first kappa shape index (κ1) is 16.5. The minimum Gasteiger partial charge on any atom is -0.395 e. The molecule has 0 bridgehead atoms. The summed E-state index contributed by atoms with van der Waals surface area (Å²) in [4.78, 5) is 36.1. The molecule has 0 spiro atoms. The van der Waals surface area contributed by atoms with Gasteiger partial charge in [0.15, 0.2) is 11.5 Å². The number of imidazole rings is 1. The summed E-state index contributed by atoms with van der Waals surface area (Å²) in [6.07, 6.45) is 3.38. The molecule has 1 saturated heterocycles. The van der Waals surface area contributed by atoms with Crippen LogP contribution in [0.4, 0.5) is 4.79 Å². The second kappa shape index (κ2) is 6.72. The fourth-order valence-electron chi connectivity index (χ4n) is 3.30. The number of hydrogen-bond donors (Lipinski definition) is 1. The SMILES string of the molecule is O=C(N1CCCC1)n1c(=O)n(CCO)c2nc(-c3ccccc3)ncc21. The van der Waals surface area contributed by atoms with Gasteiger partial charge in [-0.25, -0.2) is 24.1 Å². The highest BCUT2D eigenvalue weighted by Crippen LogP contribution is 2.19. The molecule has 8 nitrogen and oxygen atoms in total. The van der Waals surface area contributed by atoms with Crippen molar-refractivity contribution < 1.29 is 9.90 Å². The van der Waals surface area contributed by atoms with E-state index in [1.165, 1.54) is 10.8 Å². The molecule has 0 aliphatic carbocycles. The molecule has 1 aliphatic rings. The van der Waals surface area contributed by atoms with Crippen molar-refractivity contribution in [3.63, 3.8) is 0 Å². The van der Waals surface area contributed by atoms with Gasteiger partial charge >= 0.3 is 11.7 Å². The summed E-state index contributed by atoms with van der Waals surface area (Å²) >= 11 is 0. The van der Waals surface area contributed by atoms with Gasteiger partial charge in [0, 0.05) is 18.7 Å². The molecule has 1 aromatic carbocycles. The molecule has 0 saturated carbocycles. The maximum Gasteiger partial charge on any atom is 0.338 e. The summed E-state index contributed by atoms with van der Waals surface area (Å²) in [5.74, 6) is 0.468. The van der Waals surface area contributed by atoms with Gasteiger partial charge < -0.3 is 10.0 Å². The third-order valence-electron chi connectivity index (χ3n) is 4.59. The molecule has 2 aromatic heterocycles. The molecule has 0 radical (unpaired) electrons. The largest absolute Gasteiger partial charge is 0.395 e. The van der Waals surface area contributed by atoms with Crippen molar-refractivity contribution in [1.29, 1.82) is 0 Å². The van der Waals surface area contributed by atoms with Crippen molar-refractivity contribution in [3.05, 3.63) is 47.0 Å². The van der Waals surface area contributed by atoms with Gasteiger partial charge in [-0.15, -0.1) is 0 Å². The summed E-state index contributed by atoms with van der Waals surface area (Å²) in [6.45, 7) is 1.13. The number of likely N-dealkylation sites (tertiary alicyclic amines) is 1. The van der Waals surface area contributed by atoms with Gasteiger partial charge in [0.2, 0.25) is 0 Å². The summed E-state index contributed by atoms with van der Waals surface area (Å²) in [5.41, 5.74) is 1.03. The van der Waals surface area contributed by atoms with Gasteiger partial charge in [0.05, 0.1) is 19.3 Å². The van der Waals surface area contributed by atoms with E-state index in [2.05, 4.69) is 9.97 Å². The summed E-state index contributed by atoms with van der Waals surface area (Å²) in [5, 5.41) is 9.34. The number of amides is 1. The Morgan fingerprint density at radius 2 is 1.88 bits per heavy atom. The van der Waals surface area contributed by atoms with E-state index in [1.54, 1.807) is 4.90 Å². The highest BCUT2D eigenvalue weighted by Gasteiger charge is 2.26. The van der Waals surface area contributed by atoms with Crippen molar-refractivity contribution in [2.75, 3.05) is 19.7 Å². The average Bonchev–Trinajstić information content (AvgIpc) is 3.30. The lowest BCUT2D eigenvalue weighted by Crippen LogP contribution is -2.39. The maximum absolute atomic E-state index is 12.8. The van der Waals surface area contributed by atoms with Gasteiger partial charge in [0.1, 0.15) is 5.52 Å². The fourth-order valence-corrected chi connectivity index (χ4v) is 3.30. The number of aliphatic hydroxyl groups excluding tert-OH is 1. The quantitative estimate of drug-likeness (QED) is 0.766. The van der Waals surface area contributed by atoms with E-state index in [4.69, 9.17) is 0 Å². The summed E-state index contributed by atoms with van der Waals surface area (Å²) in [7, 11) is 0. The van der Waals surface area contributed by atoms with Crippen LogP contribution in [0.1, 0.15) is 12.8 Å². The van der Waals surface area contributed by atoms with Crippen LogP contribution in [0.5, 0.6) is 0 Å². The molecule has 3 heterocycles. The van der Waals surface area contributed by atoms with Crippen LogP contribution in [0.25, 0.3) is 22.6 Å². The van der Waals surface area contributed by atoms with E-state index < -0.39 is 5.69 Å². The Morgan fingerprint density at radius 1 is 1.15 bits per heavy atom. The lowest BCUT2D eigenvalue weighted by molar-refractivity contribution is 0.210. The van der Waals surface area contributed by atoms with E-state index in [1.807, 2.05) is 30.3 Å². The summed E-state index contributed by atoms with van der Waals surface area (Å²) in [6, 6.07) is 9.06. The minimum absolute atomic E-state index is 0.0703. The average molecular weight is 353 g/mol. The molecule has 3 aromatic rings. The van der Waals surface area contributed by atoms with Crippen molar-refractivity contribution >= 4 is 17.2 Å². The zero-order valence-electron chi connectivity index (χ0n) is 14.2. The smallest absolute Gasteiger partial charge is 0.338 e. The number of fused-ring (bicyclic) bond motifs is 1. The monoisotopic (exact) mass is 353 g/mol. The molecule has 4 rings (SSSR count). The van der Waals surface area contributed by atoms with Crippen LogP contribution < -0.4 is 5.69 Å². The number of carbonyl (C=O) groups excluding carboxylic acids is 1. The van der Waals surface area contributed by atoms with Gasteiger partial charge in [0.25, 0.3) is 0 Å². The molecule has 134 valence electrons. The Labute approximate surface area is 149 Å². The Balaban J connectivity index is 1.89. The van der Waals surface area contributed by atoms with E-state index in [9.17, 15) is 14.7 Å². The topological polar surface area (TPSA) is 93.2 Å². The molecule has 0 unspecified atom stereocenters. The third-order valence-corrected chi connectivity index (χ3v) is 4.59. The second-order valence-electron chi connectivity index (χ2n) is 6.24. The molecule has 1 N–H and O–H groups in total. The second-order valence-corrected chi connectivity index (χ2v) is 6.24. The highest BCUT2D eigenvalue weighted by molar-refractivity contribution is 5.88. The molecular formula is C18H19N5O3. The van der Waals surface area contributed by atoms with E-state index in [-0.39, 0.29) is 19.2 Å². The van der Waals surface area contributed by atoms with Gasteiger partial charge in [-0.2, -0.15) is 0 Å². The first-order valence-corrected chi connectivity index (χ1v) is 8.64. The lowest BCUT2D eigenvalue weighted by Gasteiger charge is -2.14. The molecular weight excluding hydrogens is 334 g/mol. The molecule has 8 heteroatoms. The zero-order valence-corrected chi connectivity index (χ0v) is 14.2. The van der Waals surface area contributed by atoms with Crippen LogP contribution in [-0.2, 0) is 6.54 Å². The molecule has 1 fully saturated rings. The number of rotatable bonds is 3. The van der Waals surface area contributed by atoms with Crippen molar-refractivity contribution in [1.82, 2.24) is 24.0 Å². The first-order chi connectivity index (χ1) is 12.7. The molecule has 0 atom stereocenters. The first-order valence-electron chi connectivity index (χ1n) is 8.64. The summed E-state index contributed by atoms with van der Waals surface area (Å²) < 4.78 is 2.45. The Kier molecular flexibility index (Phi) is 4.26. The molecule has 1 amide bonds. The number of nitrogens with zero attached hydrogens (tertiary/aromatic N) is 5. The van der Waals surface area contributed by atoms with Gasteiger partial charge in [-0.05, 0) is 12.8 Å².